The molecule has 0 radical (unpaired) electrons. The molecule has 1 aromatic heterocycles. The molecular weight excluding hydrogens is 500 g/mol. The summed E-state index contributed by atoms with van der Waals surface area (Å²) in [6.45, 7) is 0.738. The average Bonchev–Trinajstić information content (AvgIpc) is 3.39. The molecule has 3 heterocycles. The summed E-state index contributed by atoms with van der Waals surface area (Å²) in [5.74, 6) is 1.57. The number of aromatic nitrogens is 2. The fourth-order valence-corrected chi connectivity index (χ4v) is 5.74. The second kappa shape index (κ2) is 10.3. The first kappa shape index (κ1) is 24.2. The Labute approximate surface area is 223 Å². The summed E-state index contributed by atoms with van der Waals surface area (Å²) >= 11 is 1.44. The van der Waals surface area contributed by atoms with Gasteiger partial charge in [0.25, 0.3) is 5.91 Å². The summed E-state index contributed by atoms with van der Waals surface area (Å²) in [6, 6.07) is 21.0. The molecule has 6 rings (SSSR count). The molecule has 1 saturated heterocycles. The molecule has 1 fully saturated rings. The van der Waals surface area contributed by atoms with Gasteiger partial charge in [-0.1, -0.05) is 60.3 Å². The van der Waals surface area contributed by atoms with Crippen molar-refractivity contribution in [3.8, 4) is 22.8 Å². The van der Waals surface area contributed by atoms with Crippen molar-refractivity contribution in [1.82, 2.24) is 14.5 Å². The van der Waals surface area contributed by atoms with Gasteiger partial charge in [0.05, 0.1) is 41.5 Å². The summed E-state index contributed by atoms with van der Waals surface area (Å²) in [6.07, 6.45) is 3.76. The van der Waals surface area contributed by atoms with Crippen LogP contribution in [0.4, 0.5) is 5.69 Å². The molecule has 0 saturated carbocycles. The number of hydrogen-bond acceptors (Lipinski definition) is 7. The number of hydrogen-bond donors (Lipinski definition) is 0. The molecule has 2 aliphatic rings. The van der Waals surface area contributed by atoms with Crippen LogP contribution in [0.5, 0.6) is 11.5 Å². The lowest BCUT2D eigenvalue weighted by Gasteiger charge is -2.20. The predicted molar refractivity (Wildman–Crippen MR) is 150 cm³/mol. The second-order valence-corrected chi connectivity index (χ2v) is 10.1. The minimum absolute atomic E-state index is 0.0306. The SMILES string of the molecule is COc1cc2c(cc1OCSCn1c(=O)nc(-c3ccccc3)c3ccccc31)N=CC1CCCN1C2=O. The molecule has 1 atom stereocenters. The van der Waals surface area contributed by atoms with Crippen molar-refractivity contribution in [3.05, 3.63) is 82.8 Å². The van der Waals surface area contributed by atoms with Gasteiger partial charge in [-0.2, -0.15) is 4.98 Å². The summed E-state index contributed by atoms with van der Waals surface area (Å²) in [4.78, 5) is 37.0. The monoisotopic (exact) mass is 526 g/mol. The minimum atomic E-state index is -0.314. The third-order valence-electron chi connectivity index (χ3n) is 6.91. The Morgan fingerprint density at radius 2 is 1.84 bits per heavy atom. The number of carbonyl (C=O) groups excluding carboxylic acids is 1. The maximum Gasteiger partial charge on any atom is 0.349 e. The number of aliphatic imine (C=N–C) groups is 1. The molecule has 4 aromatic rings. The van der Waals surface area contributed by atoms with Gasteiger partial charge in [0.15, 0.2) is 11.5 Å². The van der Waals surface area contributed by atoms with Crippen LogP contribution < -0.4 is 15.2 Å². The number of fused-ring (bicyclic) bond motifs is 3. The first-order valence-electron chi connectivity index (χ1n) is 12.5. The lowest BCUT2D eigenvalue weighted by Crippen LogP contribution is -2.35. The Morgan fingerprint density at radius 3 is 2.68 bits per heavy atom. The highest BCUT2D eigenvalue weighted by Gasteiger charge is 2.32. The zero-order valence-corrected chi connectivity index (χ0v) is 21.7. The van der Waals surface area contributed by atoms with Crippen LogP contribution in [0.2, 0.25) is 0 Å². The van der Waals surface area contributed by atoms with Gasteiger partial charge in [-0.25, -0.2) is 4.79 Å². The molecule has 8 nitrogen and oxygen atoms in total. The lowest BCUT2D eigenvalue weighted by atomic mass is 10.1. The molecule has 0 aliphatic carbocycles. The third-order valence-corrected chi connectivity index (χ3v) is 7.64. The van der Waals surface area contributed by atoms with Crippen molar-refractivity contribution in [3.63, 3.8) is 0 Å². The van der Waals surface area contributed by atoms with Crippen molar-refractivity contribution >= 4 is 40.5 Å². The number of methoxy groups -OCH3 is 1. The minimum Gasteiger partial charge on any atom is -0.493 e. The van der Waals surface area contributed by atoms with Gasteiger partial charge < -0.3 is 14.4 Å². The standard InChI is InChI=1S/C29H26N4O4S/c1-36-25-14-22-23(30-16-20-10-7-13-32(20)28(22)34)15-26(25)37-18-38-17-33-24-12-6-5-11-21(24)27(31-29(33)35)19-8-3-2-4-9-19/h2-6,8-9,11-12,14-16,20H,7,10,13,17-18H2,1H3. The highest BCUT2D eigenvalue weighted by atomic mass is 32.2. The number of benzene rings is 3. The molecule has 0 bridgehead atoms. The zero-order chi connectivity index (χ0) is 26.1. The summed E-state index contributed by atoms with van der Waals surface area (Å²) in [5.41, 5.74) is 3.17. The van der Waals surface area contributed by atoms with Crippen molar-refractivity contribution in [2.45, 2.75) is 24.8 Å². The summed E-state index contributed by atoms with van der Waals surface area (Å²) < 4.78 is 13.2. The lowest BCUT2D eigenvalue weighted by molar-refractivity contribution is 0.0774. The second-order valence-electron chi connectivity index (χ2n) is 9.16. The van der Waals surface area contributed by atoms with Gasteiger partial charge in [0, 0.05) is 29.8 Å². The topological polar surface area (TPSA) is 86.0 Å². The van der Waals surface area contributed by atoms with Crippen LogP contribution in [0.15, 0.2) is 76.5 Å². The van der Waals surface area contributed by atoms with E-state index in [-0.39, 0.29) is 23.6 Å². The zero-order valence-electron chi connectivity index (χ0n) is 20.9. The highest BCUT2D eigenvalue weighted by molar-refractivity contribution is 7.98. The number of amides is 1. The largest absolute Gasteiger partial charge is 0.493 e. The van der Waals surface area contributed by atoms with Crippen molar-refractivity contribution in [2.24, 2.45) is 4.99 Å². The first-order valence-corrected chi connectivity index (χ1v) is 13.6. The van der Waals surface area contributed by atoms with E-state index in [0.717, 1.165) is 35.9 Å². The Morgan fingerprint density at radius 1 is 1.03 bits per heavy atom. The molecule has 0 spiro atoms. The average molecular weight is 527 g/mol. The van der Waals surface area contributed by atoms with E-state index >= 15 is 0 Å². The summed E-state index contributed by atoms with van der Waals surface area (Å²) in [7, 11) is 1.55. The van der Waals surface area contributed by atoms with E-state index < -0.39 is 0 Å². The Hall–Kier alpha value is -4.11. The van der Waals surface area contributed by atoms with Gasteiger partial charge in [-0.15, -0.1) is 0 Å². The van der Waals surface area contributed by atoms with Gasteiger partial charge in [0.1, 0.15) is 5.94 Å². The highest BCUT2D eigenvalue weighted by Crippen LogP contribution is 2.38. The van der Waals surface area contributed by atoms with Gasteiger partial charge >= 0.3 is 5.69 Å². The molecular formula is C29H26N4O4S. The quantitative estimate of drug-likeness (QED) is 0.245. The molecule has 2 aliphatic heterocycles. The Bertz CT molecular complexity index is 1600. The van der Waals surface area contributed by atoms with Crippen LogP contribution in [0.1, 0.15) is 23.2 Å². The molecule has 1 amide bonds. The van der Waals surface area contributed by atoms with Crippen molar-refractivity contribution < 1.29 is 14.3 Å². The van der Waals surface area contributed by atoms with E-state index in [4.69, 9.17) is 9.47 Å². The molecule has 1 unspecified atom stereocenters. The van der Waals surface area contributed by atoms with E-state index in [1.54, 1.807) is 23.8 Å². The molecule has 38 heavy (non-hydrogen) atoms. The van der Waals surface area contributed by atoms with Gasteiger partial charge in [-0.05, 0) is 25.0 Å². The maximum atomic E-state index is 13.1. The van der Waals surface area contributed by atoms with Crippen molar-refractivity contribution in [1.29, 1.82) is 0 Å². The van der Waals surface area contributed by atoms with E-state index in [1.165, 1.54) is 11.8 Å². The van der Waals surface area contributed by atoms with Gasteiger partial charge in [-0.3, -0.25) is 14.4 Å². The fraction of sp³-hybridized carbons (Fsp3) is 0.241. The molecule has 0 N–H and O–H groups in total. The van der Waals surface area contributed by atoms with Crippen LogP contribution >= 0.6 is 11.8 Å². The van der Waals surface area contributed by atoms with E-state index in [2.05, 4.69) is 9.98 Å². The van der Waals surface area contributed by atoms with Crippen LogP contribution in [0, 0.1) is 0 Å². The maximum absolute atomic E-state index is 13.1. The van der Waals surface area contributed by atoms with Crippen LogP contribution in [-0.2, 0) is 5.88 Å². The molecule has 192 valence electrons. The normalized spacial score (nSPS) is 16.3. The molecule has 3 aromatic carbocycles. The molecule has 9 heteroatoms. The number of thioether (sulfide) groups is 1. The van der Waals surface area contributed by atoms with Gasteiger partial charge in [0.2, 0.25) is 0 Å². The van der Waals surface area contributed by atoms with E-state index in [1.807, 2.05) is 65.7 Å². The fourth-order valence-electron chi connectivity index (χ4n) is 5.02. The summed E-state index contributed by atoms with van der Waals surface area (Å²) in [5, 5.41) is 0.912. The van der Waals surface area contributed by atoms with Crippen LogP contribution in [0.25, 0.3) is 22.2 Å². The number of carbonyl (C=O) groups is 1. The smallest absolute Gasteiger partial charge is 0.349 e. The van der Waals surface area contributed by atoms with E-state index in [0.29, 0.717) is 34.3 Å². The first-order chi connectivity index (χ1) is 18.6. The van der Waals surface area contributed by atoms with Crippen LogP contribution in [0.3, 0.4) is 0 Å². The predicted octanol–water partition coefficient (Wildman–Crippen LogP) is 5.12. The third kappa shape index (κ3) is 4.43. The number of nitrogens with zero attached hydrogens (tertiary/aromatic N) is 4. The van der Waals surface area contributed by atoms with Crippen molar-refractivity contribution in [2.75, 3.05) is 19.6 Å². The number of ether oxygens (including phenoxy) is 2. The number of para-hydroxylation sites is 1. The Balaban J connectivity index is 1.21. The number of rotatable bonds is 7. The van der Waals surface area contributed by atoms with E-state index in [9.17, 15) is 9.59 Å². The van der Waals surface area contributed by atoms with Crippen LogP contribution in [-0.4, -0.2) is 52.2 Å². The Kier molecular flexibility index (Phi) is 6.59.